The Hall–Kier alpha value is -1.24. The summed E-state index contributed by atoms with van der Waals surface area (Å²) < 4.78 is 5.20. The van der Waals surface area contributed by atoms with Gasteiger partial charge in [-0.1, -0.05) is 0 Å². The van der Waals surface area contributed by atoms with Gasteiger partial charge in [-0.2, -0.15) is 26.7 Å². The molecule has 88 valence electrons. The van der Waals surface area contributed by atoms with Crippen LogP contribution in [0, 0.1) is 0 Å². The molecule has 1 aromatic rings. The first-order valence-corrected chi connectivity index (χ1v) is 6.42. The lowest BCUT2D eigenvalue weighted by Gasteiger charge is -2.11. The first-order valence-electron chi connectivity index (χ1n) is 5.26. The van der Waals surface area contributed by atoms with Crippen LogP contribution < -0.4 is 15.8 Å². The molecule has 0 aromatic carbocycles. The summed E-state index contributed by atoms with van der Waals surface area (Å²) in [5, 5.41) is 3.24. The summed E-state index contributed by atoms with van der Waals surface area (Å²) in [5.74, 6) is 2.95. The first-order chi connectivity index (χ1) is 7.78. The third kappa shape index (κ3) is 2.88. The molecule has 16 heavy (non-hydrogen) atoms. The molecular formula is C9H15N5OS. The van der Waals surface area contributed by atoms with Crippen molar-refractivity contribution in [2.24, 2.45) is 0 Å². The van der Waals surface area contributed by atoms with E-state index in [1.54, 1.807) is 0 Å². The Bertz CT molecular complexity index is 356. The molecule has 1 aromatic heterocycles. The summed E-state index contributed by atoms with van der Waals surface area (Å²) in [7, 11) is 0. The molecule has 1 atom stereocenters. The standard InChI is InChI=1S/C9H15N5OS/c1-2-15-9-13-7(10)12-8(14-9)11-6-3-4-16-5-6/h6H,2-5H2,1H3,(H3,10,11,12,13,14). The molecule has 0 saturated carbocycles. The molecule has 1 saturated heterocycles. The third-order valence-electron chi connectivity index (χ3n) is 2.17. The minimum absolute atomic E-state index is 0.187. The summed E-state index contributed by atoms with van der Waals surface area (Å²) in [6, 6.07) is 0.699. The fraction of sp³-hybridized carbons (Fsp3) is 0.667. The van der Waals surface area contributed by atoms with Crippen molar-refractivity contribution in [1.29, 1.82) is 0 Å². The molecule has 2 rings (SSSR count). The molecule has 3 N–H and O–H groups in total. The van der Waals surface area contributed by atoms with E-state index in [9.17, 15) is 0 Å². The molecular weight excluding hydrogens is 226 g/mol. The average Bonchev–Trinajstić information content (AvgIpc) is 2.70. The first kappa shape index (κ1) is 11.3. The van der Waals surface area contributed by atoms with Crippen molar-refractivity contribution in [3.8, 4) is 6.01 Å². The maximum Gasteiger partial charge on any atom is 0.323 e. The van der Waals surface area contributed by atoms with E-state index < -0.39 is 0 Å². The molecule has 0 aliphatic carbocycles. The van der Waals surface area contributed by atoms with Gasteiger partial charge in [0.2, 0.25) is 11.9 Å². The minimum Gasteiger partial charge on any atom is -0.464 e. The Morgan fingerprint density at radius 3 is 3.06 bits per heavy atom. The molecule has 7 heteroatoms. The van der Waals surface area contributed by atoms with Crippen molar-refractivity contribution in [1.82, 2.24) is 15.0 Å². The summed E-state index contributed by atoms with van der Waals surface area (Å²) in [4.78, 5) is 12.1. The van der Waals surface area contributed by atoms with Gasteiger partial charge in [-0.05, 0) is 19.1 Å². The van der Waals surface area contributed by atoms with Crippen molar-refractivity contribution < 1.29 is 4.74 Å². The number of nitrogens with zero attached hydrogens (tertiary/aromatic N) is 3. The molecule has 0 amide bonds. The molecule has 1 fully saturated rings. The second kappa shape index (κ2) is 5.20. The predicted octanol–water partition coefficient (Wildman–Crippen LogP) is 0.770. The Labute approximate surface area is 98.4 Å². The van der Waals surface area contributed by atoms with Crippen LogP contribution in [-0.4, -0.2) is 39.1 Å². The number of rotatable bonds is 4. The highest BCUT2D eigenvalue weighted by Gasteiger charge is 2.17. The highest BCUT2D eigenvalue weighted by Crippen LogP contribution is 2.20. The highest BCUT2D eigenvalue weighted by molar-refractivity contribution is 7.99. The van der Waals surface area contributed by atoms with Crippen LogP contribution in [0.5, 0.6) is 6.01 Å². The van der Waals surface area contributed by atoms with Crippen LogP contribution in [-0.2, 0) is 0 Å². The molecule has 2 heterocycles. The topological polar surface area (TPSA) is 86.0 Å². The predicted molar refractivity (Wildman–Crippen MR) is 64.8 cm³/mol. The van der Waals surface area contributed by atoms with E-state index in [-0.39, 0.29) is 12.0 Å². The van der Waals surface area contributed by atoms with Gasteiger partial charge in [0.05, 0.1) is 6.61 Å². The SMILES string of the molecule is CCOc1nc(N)nc(NC2CCSC2)n1. The number of hydrogen-bond acceptors (Lipinski definition) is 7. The number of ether oxygens (including phenoxy) is 1. The number of nitrogens with one attached hydrogen (secondary N) is 1. The van der Waals surface area contributed by atoms with E-state index in [2.05, 4.69) is 20.3 Å². The summed E-state index contributed by atoms with van der Waals surface area (Å²) in [6.45, 7) is 2.39. The van der Waals surface area contributed by atoms with E-state index in [4.69, 9.17) is 10.5 Å². The number of aromatic nitrogens is 3. The lowest BCUT2D eigenvalue weighted by molar-refractivity contribution is 0.312. The zero-order valence-corrected chi connectivity index (χ0v) is 9.96. The van der Waals surface area contributed by atoms with Crippen molar-refractivity contribution in [2.45, 2.75) is 19.4 Å². The van der Waals surface area contributed by atoms with Gasteiger partial charge in [0, 0.05) is 11.8 Å². The number of thioether (sulfide) groups is 1. The van der Waals surface area contributed by atoms with Crippen LogP contribution in [0.4, 0.5) is 11.9 Å². The van der Waals surface area contributed by atoms with Crippen molar-refractivity contribution in [3.05, 3.63) is 0 Å². The zero-order valence-electron chi connectivity index (χ0n) is 9.14. The smallest absolute Gasteiger partial charge is 0.323 e. The summed E-state index contributed by atoms with van der Waals surface area (Å²) in [5.41, 5.74) is 5.58. The molecule has 6 nitrogen and oxygen atoms in total. The highest BCUT2D eigenvalue weighted by atomic mass is 32.2. The van der Waals surface area contributed by atoms with E-state index in [0.717, 1.165) is 12.2 Å². The minimum atomic E-state index is 0.187. The van der Waals surface area contributed by atoms with Crippen LogP contribution in [0.3, 0.4) is 0 Å². The fourth-order valence-electron chi connectivity index (χ4n) is 1.46. The lowest BCUT2D eigenvalue weighted by Crippen LogP contribution is -2.20. The second-order valence-corrected chi connectivity index (χ2v) is 4.59. The number of nitrogens with two attached hydrogens (primary N) is 1. The molecule has 0 bridgehead atoms. The van der Waals surface area contributed by atoms with E-state index in [0.29, 0.717) is 18.6 Å². The van der Waals surface area contributed by atoms with Crippen LogP contribution in [0.15, 0.2) is 0 Å². The second-order valence-electron chi connectivity index (χ2n) is 3.44. The van der Waals surface area contributed by atoms with Crippen LogP contribution in [0.2, 0.25) is 0 Å². The third-order valence-corrected chi connectivity index (χ3v) is 3.33. The quantitative estimate of drug-likeness (QED) is 0.805. The lowest BCUT2D eigenvalue weighted by atomic mass is 10.3. The van der Waals surface area contributed by atoms with Crippen molar-refractivity contribution >= 4 is 23.7 Å². The van der Waals surface area contributed by atoms with Gasteiger partial charge in [-0.15, -0.1) is 0 Å². The Morgan fingerprint density at radius 1 is 1.50 bits per heavy atom. The summed E-state index contributed by atoms with van der Waals surface area (Å²) in [6.07, 6.45) is 1.13. The summed E-state index contributed by atoms with van der Waals surface area (Å²) >= 11 is 1.92. The van der Waals surface area contributed by atoms with E-state index in [1.807, 2.05) is 18.7 Å². The van der Waals surface area contributed by atoms with Gasteiger partial charge in [0.1, 0.15) is 0 Å². The molecule has 1 aliphatic heterocycles. The van der Waals surface area contributed by atoms with Gasteiger partial charge in [-0.25, -0.2) is 0 Å². The molecule has 1 unspecified atom stereocenters. The van der Waals surface area contributed by atoms with Gasteiger partial charge in [-0.3, -0.25) is 0 Å². The average molecular weight is 241 g/mol. The van der Waals surface area contributed by atoms with Crippen molar-refractivity contribution in [3.63, 3.8) is 0 Å². The Morgan fingerprint density at radius 2 is 2.38 bits per heavy atom. The fourth-order valence-corrected chi connectivity index (χ4v) is 2.61. The van der Waals surface area contributed by atoms with Crippen LogP contribution in [0.25, 0.3) is 0 Å². The van der Waals surface area contributed by atoms with E-state index >= 15 is 0 Å². The van der Waals surface area contributed by atoms with Gasteiger partial charge in [0.25, 0.3) is 0 Å². The van der Waals surface area contributed by atoms with Gasteiger partial charge >= 0.3 is 6.01 Å². The zero-order chi connectivity index (χ0) is 11.4. The van der Waals surface area contributed by atoms with Crippen LogP contribution >= 0.6 is 11.8 Å². The Kier molecular flexibility index (Phi) is 3.66. The number of nitrogen functional groups attached to an aromatic ring is 1. The monoisotopic (exact) mass is 241 g/mol. The Balaban J connectivity index is 2.06. The largest absolute Gasteiger partial charge is 0.464 e. The maximum absolute atomic E-state index is 5.58. The molecule has 1 aliphatic rings. The van der Waals surface area contributed by atoms with Crippen LogP contribution in [0.1, 0.15) is 13.3 Å². The van der Waals surface area contributed by atoms with Gasteiger partial charge < -0.3 is 15.8 Å². The van der Waals surface area contributed by atoms with Crippen molar-refractivity contribution in [2.75, 3.05) is 29.2 Å². The number of hydrogen-bond donors (Lipinski definition) is 2. The number of anilines is 2. The molecule has 0 radical (unpaired) electrons. The maximum atomic E-state index is 5.58. The molecule has 0 spiro atoms. The normalized spacial score (nSPS) is 19.7. The van der Waals surface area contributed by atoms with Gasteiger partial charge in [0.15, 0.2) is 0 Å². The van der Waals surface area contributed by atoms with E-state index in [1.165, 1.54) is 5.75 Å².